The molecule has 0 radical (unpaired) electrons. The minimum atomic E-state index is -0.641. The second kappa shape index (κ2) is 8.38. The van der Waals surface area contributed by atoms with Crippen LogP contribution in [0.25, 0.3) is 22.2 Å². The summed E-state index contributed by atoms with van der Waals surface area (Å²) in [6.07, 6.45) is 1.68. The van der Waals surface area contributed by atoms with E-state index in [4.69, 9.17) is 0 Å². The molecule has 164 valence electrons. The highest BCUT2D eigenvalue weighted by Gasteiger charge is 2.35. The van der Waals surface area contributed by atoms with Crippen molar-refractivity contribution in [2.75, 3.05) is 20.6 Å². The average Bonchev–Trinajstić information content (AvgIpc) is 3.06. The number of carbonyl (C=O) groups is 1. The fourth-order valence-electron chi connectivity index (χ4n) is 4.46. The first kappa shape index (κ1) is 21.4. The Morgan fingerprint density at radius 1 is 1.13 bits per heavy atom. The van der Waals surface area contributed by atoms with Gasteiger partial charge in [-0.2, -0.15) is 0 Å². The Bertz CT molecular complexity index is 1100. The number of nitrogens with one attached hydrogen (secondary N) is 2. The minimum Gasteiger partial charge on any atom is -0.352 e. The number of halogens is 3. The van der Waals surface area contributed by atoms with E-state index in [1.54, 1.807) is 31.1 Å². The van der Waals surface area contributed by atoms with Crippen molar-refractivity contribution in [3.63, 3.8) is 0 Å². The van der Waals surface area contributed by atoms with Crippen LogP contribution in [0.3, 0.4) is 0 Å². The van der Waals surface area contributed by atoms with E-state index in [-0.39, 0.29) is 29.2 Å². The topological polar surface area (TPSA) is 48.1 Å². The molecule has 31 heavy (non-hydrogen) atoms. The lowest BCUT2D eigenvalue weighted by atomic mass is 9.70. The van der Waals surface area contributed by atoms with E-state index in [1.807, 2.05) is 6.92 Å². The molecule has 1 fully saturated rings. The average molecular weight is 429 g/mol. The van der Waals surface area contributed by atoms with Crippen LogP contribution in [0.1, 0.15) is 31.2 Å². The van der Waals surface area contributed by atoms with Gasteiger partial charge in [-0.15, -0.1) is 0 Å². The predicted octanol–water partition coefficient (Wildman–Crippen LogP) is 4.81. The number of H-pyrrole nitrogens is 1. The zero-order chi connectivity index (χ0) is 22.3. The van der Waals surface area contributed by atoms with Crippen molar-refractivity contribution in [3.05, 3.63) is 59.4 Å². The maximum absolute atomic E-state index is 14.5. The van der Waals surface area contributed by atoms with E-state index >= 15 is 0 Å². The van der Waals surface area contributed by atoms with Gasteiger partial charge in [-0.05, 0) is 79.6 Å². The van der Waals surface area contributed by atoms with Gasteiger partial charge < -0.3 is 15.2 Å². The number of hydrogen-bond acceptors (Lipinski definition) is 2. The number of aromatic amines is 1. The van der Waals surface area contributed by atoms with Crippen molar-refractivity contribution in [3.8, 4) is 11.3 Å². The predicted molar refractivity (Wildman–Crippen MR) is 115 cm³/mol. The van der Waals surface area contributed by atoms with E-state index in [2.05, 4.69) is 10.3 Å². The molecule has 0 saturated heterocycles. The highest BCUT2D eigenvalue weighted by Crippen LogP contribution is 2.48. The summed E-state index contributed by atoms with van der Waals surface area (Å²) >= 11 is 0. The Hall–Kier alpha value is -2.80. The molecule has 0 unspecified atom stereocenters. The molecule has 2 N–H and O–H groups in total. The summed E-state index contributed by atoms with van der Waals surface area (Å²) in [4.78, 5) is 16.7. The van der Waals surface area contributed by atoms with Gasteiger partial charge in [-0.3, -0.25) is 4.79 Å². The highest BCUT2D eigenvalue weighted by atomic mass is 19.1. The summed E-state index contributed by atoms with van der Waals surface area (Å²) in [7, 11) is 3.46. The SMILES string of the molecule is C[C@H](NCC1CC(c2c(-c3ccc(F)cc3)[nH]c3c(F)cc(F)cc23)C1)C(=O)N(C)C. The fraction of sp³-hybridized carbons (Fsp3) is 0.375. The molecule has 0 aliphatic heterocycles. The van der Waals surface area contributed by atoms with Crippen LogP contribution < -0.4 is 5.32 Å². The molecule has 0 spiro atoms. The van der Waals surface area contributed by atoms with Crippen molar-refractivity contribution < 1.29 is 18.0 Å². The maximum Gasteiger partial charge on any atom is 0.238 e. The standard InChI is InChI=1S/C24H26F3N3O/c1-13(24(31)30(2)3)28-12-14-8-16(9-14)21-19-10-18(26)11-20(27)23(19)29-22(21)15-4-6-17(25)7-5-15/h4-7,10-11,13-14,16,28-29H,8-9,12H2,1-3H3/t13-,14?,16?/m0/s1. The van der Waals surface area contributed by atoms with Gasteiger partial charge in [0.1, 0.15) is 17.5 Å². The molecule has 1 saturated carbocycles. The van der Waals surface area contributed by atoms with Crippen LogP contribution in [-0.4, -0.2) is 42.5 Å². The van der Waals surface area contributed by atoms with Gasteiger partial charge in [0.15, 0.2) is 0 Å². The number of carbonyl (C=O) groups excluding carboxylic acids is 1. The zero-order valence-electron chi connectivity index (χ0n) is 17.8. The molecule has 1 aliphatic carbocycles. The first-order chi connectivity index (χ1) is 14.7. The number of benzene rings is 2. The number of rotatable bonds is 6. The Morgan fingerprint density at radius 2 is 1.81 bits per heavy atom. The van der Waals surface area contributed by atoms with Gasteiger partial charge in [0.2, 0.25) is 5.91 Å². The third-order valence-corrected chi connectivity index (χ3v) is 6.17. The molecule has 1 atom stereocenters. The van der Waals surface area contributed by atoms with E-state index in [1.165, 1.54) is 18.2 Å². The molecule has 0 bridgehead atoms. The zero-order valence-corrected chi connectivity index (χ0v) is 17.8. The van der Waals surface area contributed by atoms with Crippen LogP contribution in [0.5, 0.6) is 0 Å². The number of fused-ring (bicyclic) bond motifs is 1. The molecule has 4 rings (SSSR count). The van der Waals surface area contributed by atoms with Crippen molar-refractivity contribution >= 4 is 16.8 Å². The van der Waals surface area contributed by atoms with Gasteiger partial charge >= 0.3 is 0 Å². The summed E-state index contributed by atoms with van der Waals surface area (Å²) in [5.74, 6) is -1.09. The second-order valence-electron chi connectivity index (χ2n) is 8.63. The Labute approximate surface area is 179 Å². The van der Waals surface area contributed by atoms with E-state index in [0.717, 1.165) is 30.0 Å². The van der Waals surface area contributed by atoms with E-state index in [0.29, 0.717) is 23.5 Å². The first-order valence-corrected chi connectivity index (χ1v) is 10.5. The van der Waals surface area contributed by atoms with Gasteiger partial charge in [-0.25, -0.2) is 13.2 Å². The van der Waals surface area contributed by atoms with Gasteiger partial charge in [0.25, 0.3) is 0 Å². The van der Waals surface area contributed by atoms with E-state index < -0.39 is 11.6 Å². The van der Waals surface area contributed by atoms with Crippen LogP contribution in [-0.2, 0) is 4.79 Å². The van der Waals surface area contributed by atoms with Gasteiger partial charge in [0, 0.05) is 25.5 Å². The number of nitrogens with zero attached hydrogens (tertiary/aromatic N) is 1. The third-order valence-electron chi connectivity index (χ3n) is 6.17. The number of hydrogen-bond donors (Lipinski definition) is 2. The lowest BCUT2D eigenvalue weighted by molar-refractivity contribution is -0.130. The Kier molecular flexibility index (Phi) is 5.79. The molecule has 7 heteroatoms. The quantitative estimate of drug-likeness (QED) is 0.591. The molecule has 1 aliphatic rings. The summed E-state index contributed by atoms with van der Waals surface area (Å²) in [6.45, 7) is 2.55. The summed E-state index contributed by atoms with van der Waals surface area (Å²) in [5, 5.41) is 3.81. The Balaban J connectivity index is 1.58. The molecular weight excluding hydrogens is 403 g/mol. The molecular formula is C24H26F3N3O. The van der Waals surface area contributed by atoms with Crippen molar-refractivity contribution in [1.29, 1.82) is 0 Å². The maximum atomic E-state index is 14.5. The van der Waals surface area contributed by atoms with Gasteiger partial charge in [0.05, 0.1) is 17.3 Å². The van der Waals surface area contributed by atoms with Crippen LogP contribution in [0.15, 0.2) is 36.4 Å². The number of amides is 1. The van der Waals surface area contributed by atoms with Crippen LogP contribution in [0, 0.1) is 23.4 Å². The first-order valence-electron chi connectivity index (χ1n) is 10.5. The summed E-state index contributed by atoms with van der Waals surface area (Å²) in [6, 6.07) is 7.97. The van der Waals surface area contributed by atoms with Crippen molar-refractivity contribution in [2.24, 2.45) is 5.92 Å². The minimum absolute atomic E-state index is 0.0250. The molecule has 1 heterocycles. The smallest absolute Gasteiger partial charge is 0.238 e. The third kappa shape index (κ3) is 4.19. The normalized spacial score (nSPS) is 19.3. The molecule has 3 aromatic rings. The Morgan fingerprint density at radius 3 is 2.45 bits per heavy atom. The molecule has 1 amide bonds. The summed E-state index contributed by atoms with van der Waals surface area (Å²) in [5.41, 5.74) is 2.57. The lowest BCUT2D eigenvalue weighted by Crippen LogP contribution is -2.44. The van der Waals surface area contributed by atoms with Crippen LogP contribution >= 0.6 is 0 Å². The number of likely N-dealkylation sites (N-methyl/N-ethyl adjacent to an activating group) is 1. The molecule has 2 aromatic carbocycles. The van der Waals surface area contributed by atoms with Crippen LogP contribution in [0.4, 0.5) is 13.2 Å². The van der Waals surface area contributed by atoms with E-state index in [9.17, 15) is 18.0 Å². The van der Waals surface area contributed by atoms with Crippen LogP contribution in [0.2, 0.25) is 0 Å². The fourth-order valence-corrected chi connectivity index (χ4v) is 4.46. The van der Waals surface area contributed by atoms with Gasteiger partial charge in [-0.1, -0.05) is 0 Å². The largest absolute Gasteiger partial charge is 0.352 e. The van der Waals surface area contributed by atoms with Crippen molar-refractivity contribution in [2.45, 2.75) is 31.7 Å². The number of aromatic nitrogens is 1. The monoisotopic (exact) mass is 429 g/mol. The molecule has 1 aromatic heterocycles. The van der Waals surface area contributed by atoms with Crippen molar-refractivity contribution in [1.82, 2.24) is 15.2 Å². The highest BCUT2D eigenvalue weighted by molar-refractivity contribution is 5.92. The lowest BCUT2D eigenvalue weighted by Gasteiger charge is -2.37. The second-order valence-corrected chi connectivity index (χ2v) is 8.63. The summed E-state index contributed by atoms with van der Waals surface area (Å²) < 4.78 is 41.9. The molecule has 4 nitrogen and oxygen atoms in total.